The van der Waals surface area contributed by atoms with E-state index in [0.717, 1.165) is 18.7 Å². The van der Waals surface area contributed by atoms with E-state index in [9.17, 15) is 0 Å². The molecule has 2 rings (SSSR count). The highest BCUT2D eigenvalue weighted by atomic mass is 32.1. The molecule has 0 bridgehead atoms. The molecule has 1 aromatic rings. The van der Waals surface area contributed by atoms with Crippen LogP contribution in [-0.2, 0) is 0 Å². The molecule has 2 N–H and O–H groups in total. The Bertz CT molecular complexity index is 462. The van der Waals surface area contributed by atoms with Gasteiger partial charge in [0.25, 0.3) is 0 Å². The molecular formula is C15H23N3S. The number of piperidine rings is 1. The van der Waals surface area contributed by atoms with Gasteiger partial charge in [0, 0.05) is 30.4 Å². The lowest BCUT2D eigenvalue weighted by atomic mass is 10.00. The van der Waals surface area contributed by atoms with E-state index in [0.29, 0.717) is 11.0 Å². The summed E-state index contributed by atoms with van der Waals surface area (Å²) in [6.07, 6.45) is 2.39. The summed E-state index contributed by atoms with van der Waals surface area (Å²) in [7, 11) is 4.32. The van der Waals surface area contributed by atoms with E-state index in [1.54, 1.807) is 0 Å². The Balaban J connectivity index is 2.22. The average molecular weight is 277 g/mol. The number of aryl methyl sites for hydroxylation is 1. The zero-order valence-corrected chi connectivity index (χ0v) is 12.8. The first kappa shape index (κ1) is 14.3. The molecule has 1 aromatic carbocycles. The molecule has 0 aliphatic carbocycles. The predicted octanol–water partition coefficient (Wildman–Crippen LogP) is 2.16. The van der Waals surface area contributed by atoms with Gasteiger partial charge in [-0.2, -0.15) is 0 Å². The molecule has 3 nitrogen and oxygen atoms in total. The molecule has 104 valence electrons. The monoisotopic (exact) mass is 277 g/mol. The average Bonchev–Trinajstić information content (AvgIpc) is 2.38. The summed E-state index contributed by atoms with van der Waals surface area (Å²) in [5.74, 6) is 0. The maximum Gasteiger partial charge on any atom is 0.106 e. The van der Waals surface area contributed by atoms with E-state index in [2.05, 4.69) is 36.9 Å². The van der Waals surface area contributed by atoms with E-state index in [-0.39, 0.29) is 0 Å². The Hall–Kier alpha value is -1.13. The van der Waals surface area contributed by atoms with Crippen molar-refractivity contribution in [3.63, 3.8) is 0 Å². The number of nitrogens with two attached hydrogens (primary N) is 1. The number of hydrogen-bond acceptors (Lipinski definition) is 3. The molecule has 19 heavy (non-hydrogen) atoms. The van der Waals surface area contributed by atoms with Crippen LogP contribution in [0.3, 0.4) is 0 Å². The number of anilines is 1. The van der Waals surface area contributed by atoms with Gasteiger partial charge in [-0.3, -0.25) is 0 Å². The lowest BCUT2D eigenvalue weighted by Gasteiger charge is -2.38. The number of benzene rings is 1. The number of para-hydroxylation sites is 1. The lowest BCUT2D eigenvalue weighted by molar-refractivity contribution is 0.249. The molecular weight excluding hydrogens is 254 g/mol. The van der Waals surface area contributed by atoms with Crippen LogP contribution >= 0.6 is 12.2 Å². The van der Waals surface area contributed by atoms with Crippen LogP contribution in [0.25, 0.3) is 0 Å². The maximum absolute atomic E-state index is 5.86. The third-order valence-electron chi connectivity index (χ3n) is 4.01. The largest absolute Gasteiger partial charge is 0.389 e. The van der Waals surface area contributed by atoms with Crippen molar-refractivity contribution in [1.29, 1.82) is 0 Å². The Kier molecular flexibility index (Phi) is 4.42. The smallest absolute Gasteiger partial charge is 0.106 e. The summed E-state index contributed by atoms with van der Waals surface area (Å²) in [4.78, 5) is 5.25. The molecule has 1 saturated heterocycles. The van der Waals surface area contributed by atoms with Crippen LogP contribution in [0, 0.1) is 6.92 Å². The highest BCUT2D eigenvalue weighted by Gasteiger charge is 2.23. The van der Waals surface area contributed by atoms with Crippen LogP contribution in [0.15, 0.2) is 18.2 Å². The van der Waals surface area contributed by atoms with Gasteiger partial charge in [0.15, 0.2) is 0 Å². The number of hydrogen-bond donors (Lipinski definition) is 1. The molecule has 0 saturated carbocycles. The number of rotatable bonds is 3. The second-order valence-electron chi connectivity index (χ2n) is 5.52. The highest BCUT2D eigenvalue weighted by Crippen LogP contribution is 2.28. The van der Waals surface area contributed by atoms with Crippen LogP contribution in [0.2, 0.25) is 0 Å². The summed E-state index contributed by atoms with van der Waals surface area (Å²) in [5, 5.41) is 0. The van der Waals surface area contributed by atoms with Crippen molar-refractivity contribution in [3.8, 4) is 0 Å². The van der Waals surface area contributed by atoms with E-state index >= 15 is 0 Å². The van der Waals surface area contributed by atoms with Crippen molar-refractivity contribution >= 4 is 22.9 Å². The fourth-order valence-corrected chi connectivity index (χ4v) is 3.05. The highest BCUT2D eigenvalue weighted by molar-refractivity contribution is 7.80. The molecule has 0 atom stereocenters. The third kappa shape index (κ3) is 3.07. The topological polar surface area (TPSA) is 32.5 Å². The van der Waals surface area contributed by atoms with Gasteiger partial charge in [0.05, 0.1) is 0 Å². The fraction of sp³-hybridized carbons (Fsp3) is 0.533. The van der Waals surface area contributed by atoms with Crippen molar-refractivity contribution in [2.45, 2.75) is 25.8 Å². The van der Waals surface area contributed by atoms with E-state index in [1.165, 1.54) is 24.1 Å². The summed E-state index contributed by atoms with van der Waals surface area (Å²) in [6.45, 7) is 4.28. The van der Waals surface area contributed by atoms with Gasteiger partial charge in [-0.05, 0) is 45.5 Å². The fourth-order valence-electron chi connectivity index (χ4n) is 2.88. The second-order valence-corrected chi connectivity index (χ2v) is 5.96. The Morgan fingerprint density at radius 2 is 1.95 bits per heavy atom. The normalized spacial score (nSPS) is 16.9. The minimum Gasteiger partial charge on any atom is -0.389 e. The summed E-state index contributed by atoms with van der Waals surface area (Å²) in [5.41, 5.74) is 9.36. The molecule has 1 heterocycles. The Morgan fingerprint density at radius 1 is 1.32 bits per heavy atom. The first-order valence-corrected chi connectivity index (χ1v) is 7.22. The quantitative estimate of drug-likeness (QED) is 0.858. The molecule has 0 radical (unpaired) electrons. The lowest BCUT2D eigenvalue weighted by Crippen LogP contribution is -2.42. The zero-order valence-electron chi connectivity index (χ0n) is 12.0. The summed E-state index contributed by atoms with van der Waals surface area (Å²) >= 11 is 5.19. The van der Waals surface area contributed by atoms with Crippen molar-refractivity contribution in [2.75, 3.05) is 32.1 Å². The molecule has 4 heteroatoms. The van der Waals surface area contributed by atoms with Gasteiger partial charge in [-0.15, -0.1) is 0 Å². The molecule has 1 aliphatic heterocycles. The van der Waals surface area contributed by atoms with Crippen LogP contribution in [0.1, 0.15) is 24.0 Å². The van der Waals surface area contributed by atoms with Gasteiger partial charge >= 0.3 is 0 Å². The van der Waals surface area contributed by atoms with Gasteiger partial charge < -0.3 is 15.5 Å². The molecule has 1 aliphatic rings. The Morgan fingerprint density at radius 3 is 2.47 bits per heavy atom. The standard InChI is InChI=1S/C15H23N3S/c1-11-5-4-6-13(15(16)19)14(11)18-9-7-12(8-10-18)17(2)3/h4-6,12H,7-10H2,1-3H3,(H2,16,19). The summed E-state index contributed by atoms with van der Waals surface area (Å²) < 4.78 is 0. The van der Waals surface area contributed by atoms with Gasteiger partial charge in [0.1, 0.15) is 4.99 Å². The maximum atomic E-state index is 5.86. The van der Waals surface area contributed by atoms with Crippen LogP contribution < -0.4 is 10.6 Å². The number of thiocarbonyl (C=S) groups is 1. The summed E-state index contributed by atoms with van der Waals surface area (Å²) in [6, 6.07) is 6.88. The van der Waals surface area contributed by atoms with Crippen LogP contribution in [-0.4, -0.2) is 43.1 Å². The van der Waals surface area contributed by atoms with Crippen molar-refractivity contribution in [3.05, 3.63) is 29.3 Å². The molecule has 0 amide bonds. The van der Waals surface area contributed by atoms with Crippen molar-refractivity contribution in [2.24, 2.45) is 5.73 Å². The Labute approximate surface area is 121 Å². The second kappa shape index (κ2) is 5.88. The first-order chi connectivity index (χ1) is 9.00. The molecule has 0 unspecified atom stereocenters. The predicted molar refractivity (Wildman–Crippen MR) is 86.0 cm³/mol. The van der Waals surface area contributed by atoms with E-state index in [4.69, 9.17) is 18.0 Å². The first-order valence-electron chi connectivity index (χ1n) is 6.81. The van der Waals surface area contributed by atoms with Crippen LogP contribution in [0.4, 0.5) is 5.69 Å². The molecule has 1 fully saturated rings. The molecule has 0 aromatic heterocycles. The minimum atomic E-state index is 0.494. The number of nitrogens with zero attached hydrogens (tertiary/aromatic N) is 2. The minimum absolute atomic E-state index is 0.494. The van der Waals surface area contributed by atoms with Crippen molar-refractivity contribution < 1.29 is 0 Å². The van der Waals surface area contributed by atoms with Crippen molar-refractivity contribution in [1.82, 2.24) is 4.90 Å². The molecule has 0 spiro atoms. The van der Waals surface area contributed by atoms with E-state index < -0.39 is 0 Å². The SMILES string of the molecule is Cc1cccc(C(N)=S)c1N1CCC(N(C)C)CC1. The van der Waals surface area contributed by atoms with Gasteiger partial charge in [0.2, 0.25) is 0 Å². The zero-order chi connectivity index (χ0) is 14.0. The van der Waals surface area contributed by atoms with Gasteiger partial charge in [-0.1, -0.05) is 24.4 Å². The van der Waals surface area contributed by atoms with Crippen LogP contribution in [0.5, 0.6) is 0 Å². The third-order valence-corrected chi connectivity index (χ3v) is 4.23. The van der Waals surface area contributed by atoms with Gasteiger partial charge in [-0.25, -0.2) is 0 Å². The van der Waals surface area contributed by atoms with E-state index in [1.807, 2.05) is 12.1 Å².